The van der Waals surface area contributed by atoms with Gasteiger partial charge in [-0.25, -0.2) is 0 Å². The van der Waals surface area contributed by atoms with E-state index in [-0.39, 0.29) is 18.6 Å². The third-order valence-electron chi connectivity index (χ3n) is 7.84. The van der Waals surface area contributed by atoms with E-state index in [1.807, 2.05) is 54.3 Å². The second kappa shape index (κ2) is 12.5. The normalized spacial score (nSPS) is 21.3. The smallest absolute Gasteiger partial charge is 0.309 e. The molecule has 0 spiro atoms. The molecular formula is C30H40N2O6. The van der Waals surface area contributed by atoms with Gasteiger partial charge in [-0.3, -0.25) is 14.5 Å². The highest BCUT2D eigenvalue weighted by Gasteiger charge is 2.50. The molecule has 1 saturated heterocycles. The zero-order valence-corrected chi connectivity index (χ0v) is 22.9. The number of carboxylic acids is 1. The molecule has 4 rings (SSSR count). The van der Waals surface area contributed by atoms with Gasteiger partial charge in [-0.15, -0.1) is 0 Å². The molecule has 2 aromatic carbocycles. The number of nitrogens with zero attached hydrogens (tertiary/aromatic N) is 2. The van der Waals surface area contributed by atoms with E-state index >= 15 is 0 Å². The van der Waals surface area contributed by atoms with Crippen LogP contribution in [0.4, 0.5) is 0 Å². The Hall–Kier alpha value is -3.26. The minimum Gasteiger partial charge on any atom is -0.497 e. The van der Waals surface area contributed by atoms with Gasteiger partial charge >= 0.3 is 5.97 Å². The van der Waals surface area contributed by atoms with Gasteiger partial charge < -0.3 is 24.2 Å². The van der Waals surface area contributed by atoms with E-state index in [4.69, 9.17) is 14.2 Å². The van der Waals surface area contributed by atoms with E-state index in [0.29, 0.717) is 36.9 Å². The van der Waals surface area contributed by atoms with Gasteiger partial charge in [0.2, 0.25) is 12.7 Å². The molecule has 2 aliphatic rings. The number of benzene rings is 2. The SMILES string of the molecule is CCCCN(CCCC)C(=O)C(C)N1C[C@@H](c2ccc3c(c2)OCO3)[C@H](C(=O)O)[C@H]1c1ccc(OC)cc1. The number of amides is 1. The van der Waals surface area contributed by atoms with Crippen LogP contribution in [-0.4, -0.2) is 66.4 Å². The average Bonchev–Trinajstić information content (AvgIpc) is 3.57. The summed E-state index contributed by atoms with van der Waals surface area (Å²) in [7, 11) is 1.61. The number of carbonyl (C=O) groups is 2. The summed E-state index contributed by atoms with van der Waals surface area (Å²) in [6, 6.07) is 12.2. The Morgan fingerprint density at radius 1 is 1.03 bits per heavy atom. The predicted molar refractivity (Wildman–Crippen MR) is 145 cm³/mol. The molecule has 0 bridgehead atoms. The third-order valence-corrected chi connectivity index (χ3v) is 7.84. The standard InChI is InChI=1S/C30H40N2O6/c1-5-7-15-31(16-8-6-2)29(33)20(3)32-18-24(22-11-14-25-26(17-22)38-19-37-25)27(30(34)35)28(32)21-9-12-23(36-4)13-10-21/h9-14,17,20,24,27-28H,5-8,15-16,18-19H2,1-4H3,(H,34,35)/t20?,24-,27-,28+/m0/s1. The van der Waals surface area contributed by atoms with Gasteiger partial charge in [-0.2, -0.15) is 0 Å². The number of carboxylic acid groups (broad SMARTS) is 1. The lowest BCUT2D eigenvalue weighted by atomic mass is 9.82. The highest BCUT2D eigenvalue weighted by Crippen LogP contribution is 2.48. The van der Waals surface area contributed by atoms with Crippen molar-refractivity contribution in [2.75, 3.05) is 33.5 Å². The third kappa shape index (κ3) is 5.75. The van der Waals surface area contributed by atoms with Crippen LogP contribution in [-0.2, 0) is 9.59 Å². The molecule has 2 aliphatic heterocycles. The Balaban J connectivity index is 1.72. The van der Waals surface area contributed by atoms with Crippen molar-refractivity contribution in [3.63, 3.8) is 0 Å². The highest BCUT2D eigenvalue weighted by atomic mass is 16.7. The maximum atomic E-state index is 13.9. The van der Waals surface area contributed by atoms with Crippen molar-refractivity contribution in [2.24, 2.45) is 5.92 Å². The fraction of sp³-hybridized carbons (Fsp3) is 0.533. The second-order valence-electron chi connectivity index (χ2n) is 10.2. The maximum Gasteiger partial charge on any atom is 0.309 e. The number of hydrogen-bond donors (Lipinski definition) is 1. The van der Waals surface area contributed by atoms with E-state index in [1.165, 1.54) is 0 Å². The Morgan fingerprint density at radius 3 is 2.26 bits per heavy atom. The molecule has 38 heavy (non-hydrogen) atoms. The van der Waals surface area contributed by atoms with Crippen molar-refractivity contribution in [1.29, 1.82) is 0 Å². The summed E-state index contributed by atoms with van der Waals surface area (Å²) >= 11 is 0. The van der Waals surface area contributed by atoms with E-state index in [1.54, 1.807) is 7.11 Å². The Kier molecular flexibility index (Phi) is 9.15. The molecule has 8 heteroatoms. The van der Waals surface area contributed by atoms with Gasteiger partial charge in [0.15, 0.2) is 11.5 Å². The van der Waals surface area contributed by atoms with Crippen LogP contribution in [0.15, 0.2) is 42.5 Å². The minimum absolute atomic E-state index is 0.0564. The van der Waals surface area contributed by atoms with Crippen LogP contribution in [0.3, 0.4) is 0 Å². The van der Waals surface area contributed by atoms with E-state index in [9.17, 15) is 14.7 Å². The van der Waals surface area contributed by atoms with Gasteiger partial charge in [0.05, 0.1) is 19.1 Å². The summed E-state index contributed by atoms with van der Waals surface area (Å²) in [4.78, 5) is 30.8. The minimum atomic E-state index is -0.885. The lowest BCUT2D eigenvalue weighted by Gasteiger charge is -2.35. The lowest BCUT2D eigenvalue weighted by Crippen LogP contribution is -2.48. The maximum absolute atomic E-state index is 13.9. The second-order valence-corrected chi connectivity index (χ2v) is 10.2. The highest BCUT2D eigenvalue weighted by molar-refractivity contribution is 5.82. The predicted octanol–water partition coefficient (Wildman–Crippen LogP) is 5.08. The first-order valence-corrected chi connectivity index (χ1v) is 13.7. The molecule has 1 fully saturated rings. The number of hydrogen-bond acceptors (Lipinski definition) is 6. The topological polar surface area (TPSA) is 88.5 Å². The van der Waals surface area contributed by atoms with Crippen molar-refractivity contribution in [3.05, 3.63) is 53.6 Å². The first-order chi connectivity index (χ1) is 18.4. The van der Waals surface area contributed by atoms with Crippen molar-refractivity contribution in [3.8, 4) is 17.2 Å². The zero-order chi connectivity index (χ0) is 27.2. The van der Waals surface area contributed by atoms with Gasteiger partial charge in [0, 0.05) is 31.6 Å². The molecule has 4 atom stereocenters. The van der Waals surface area contributed by atoms with Crippen LogP contribution < -0.4 is 14.2 Å². The van der Waals surface area contributed by atoms with Gasteiger partial charge in [0.1, 0.15) is 5.75 Å². The fourth-order valence-corrected chi connectivity index (χ4v) is 5.68. The van der Waals surface area contributed by atoms with Crippen molar-refractivity contribution in [1.82, 2.24) is 9.80 Å². The number of methoxy groups -OCH3 is 1. The molecule has 1 N–H and O–H groups in total. The summed E-state index contributed by atoms with van der Waals surface area (Å²) < 4.78 is 16.4. The number of fused-ring (bicyclic) bond motifs is 1. The number of unbranched alkanes of at least 4 members (excludes halogenated alkanes) is 2. The summed E-state index contributed by atoms with van der Waals surface area (Å²) in [6.45, 7) is 8.20. The van der Waals surface area contributed by atoms with Gasteiger partial charge in [-0.1, -0.05) is 44.9 Å². The first kappa shape index (κ1) is 27.8. The van der Waals surface area contributed by atoms with Gasteiger partial charge in [-0.05, 0) is 55.2 Å². The Morgan fingerprint density at radius 2 is 1.66 bits per heavy atom. The van der Waals surface area contributed by atoms with E-state index in [0.717, 1.165) is 36.8 Å². The molecule has 206 valence electrons. The zero-order valence-electron chi connectivity index (χ0n) is 22.9. The van der Waals surface area contributed by atoms with Crippen LogP contribution in [0.5, 0.6) is 17.2 Å². The number of carbonyl (C=O) groups excluding carboxylic acids is 1. The molecule has 0 saturated carbocycles. The first-order valence-electron chi connectivity index (χ1n) is 13.7. The van der Waals surface area contributed by atoms with Crippen molar-refractivity contribution < 1.29 is 28.9 Å². The van der Waals surface area contributed by atoms with Crippen LogP contribution in [0.2, 0.25) is 0 Å². The Labute approximate surface area is 225 Å². The summed E-state index contributed by atoms with van der Waals surface area (Å²) in [5, 5.41) is 10.5. The van der Waals surface area contributed by atoms with Crippen LogP contribution >= 0.6 is 0 Å². The Bertz CT molecular complexity index is 1100. The average molecular weight is 525 g/mol. The summed E-state index contributed by atoms with van der Waals surface area (Å²) in [5.74, 6) is 0.0776. The number of aliphatic carboxylic acids is 1. The van der Waals surface area contributed by atoms with Gasteiger partial charge in [0.25, 0.3) is 0 Å². The molecule has 1 unspecified atom stereocenters. The molecule has 0 aliphatic carbocycles. The number of likely N-dealkylation sites (tertiary alicyclic amines) is 1. The molecular weight excluding hydrogens is 484 g/mol. The molecule has 0 radical (unpaired) electrons. The lowest BCUT2D eigenvalue weighted by molar-refractivity contribution is -0.144. The van der Waals surface area contributed by atoms with Crippen molar-refractivity contribution in [2.45, 2.75) is 64.5 Å². The largest absolute Gasteiger partial charge is 0.497 e. The summed E-state index contributed by atoms with van der Waals surface area (Å²) in [5.41, 5.74) is 1.73. The summed E-state index contributed by atoms with van der Waals surface area (Å²) in [6.07, 6.45) is 3.91. The van der Waals surface area contributed by atoms with Crippen LogP contribution in [0.1, 0.15) is 69.5 Å². The fourth-order valence-electron chi connectivity index (χ4n) is 5.68. The quantitative estimate of drug-likeness (QED) is 0.414. The number of rotatable bonds is 12. The molecule has 2 aromatic rings. The van der Waals surface area contributed by atoms with Crippen LogP contribution in [0.25, 0.3) is 0 Å². The van der Waals surface area contributed by atoms with Crippen molar-refractivity contribution >= 4 is 11.9 Å². The molecule has 1 amide bonds. The number of ether oxygens (including phenoxy) is 3. The monoisotopic (exact) mass is 524 g/mol. The molecule has 2 heterocycles. The molecule has 0 aromatic heterocycles. The van der Waals surface area contributed by atoms with E-state index < -0.39 is 24.0 Å². The van der Waals surface area contributed by atoms with Crippen LogP contribution in [0, 0.1) is 5.92 Å². The van der Waals surface area contributed by atoms with E-state index in [2.05, 4.69) is 18.7 Å². The molecule has 8 nitrogen and oxygen atoms in total.